The van der Waals surface area contributed by atoms with Crippen LogP contribution >= 0.6 is 11.3 Å². The molecule has 4 atom stereocenters. The number of ether oxygens (including phenoxy) is 2. The average molecular weight is 672 g/mol. The third-order valence-corrected chi connectivity index (χ3v) is 10.6. The van der Waals surface area contributed by atoms with Crippen LogP contribution in [0.15, 0.2) is 115 Å². The zero-order valence-electron chi connectivity index (χ0n) is 27.1. The lowest BCUT2D eigenvalue weighted by Crippen LogP contribution is -2.59. The van der Waals surface area contributed by atoms with E-state index in [1.807, 2.05) is 91.0 Å². The molecule has 0 bridgehead atoms. The van der Waals surface area contributed by atoms with Crippen molar-refractivity contribution in [1.29, 1.82) is 0 Å². The summed E-state index contributed by atoms with van der Waals surface area (Å²) in [5.41, 5.74) is 1.38. The average Bonchev–Trinajstić information content (AvgIpc) is 3.79. The molecule has 0 unspecified atom stereocenters. The van der Waals surface area contributed by atoms with Gasteiger partial charge in [-0.15, -0.1) is 0 Å². The molecular formula is C39H33N3O6S. The summed E-state index contributed by atoms with van der Waals surface area (Å²) in [5.74, 6) is -3.18. The predicted octanol–water partition coefficient (Wildman–Crippen LogP) is 6.00. The van der Waals surface area contributed by atoms with Gasteiger partial charge in [0.2, 0.25) is 17.6 Å². The van der Waals surface area contributed by atoms with Crippen LogP contribution in [0, 0.1) is 11.8 Å². The number of likely N-dealkylation sites (tertiary alicyclic amines) is 1. The first-order valence-electron chi connectivity index (χ1n) is 15.8. The van der Waals surface area contributed by atoms with Gasteiger partial charge in [0, 0.05) is 24.6 Å². The van der Waals surface area contributed by atoms with Gasteiger partial charge in [0.15, 0.2) is 10.7 Å². The summed E-state index contributed by atoms with van der Waals surface area (Å²) >= 11 is 1.14. The number of nitrogens with zero attached hydrogens (tertiary/aromatic N) is 3. The molecule has 10 heteroatoms. The first-order valence-corrected chi connectivity index (χ1v) is 16.6. The molecule has 9 nitrogen and oxygen atoms in total. The van der Waals surface area contributed by atoms with Crippen molar-refractivity contribution in [2.45, 2.75) is 18.0 Å². The molecule has 0 N–H and O–H groups in total. The molecular weight excluding hydrogens is 639 g/mol. The Morgan fingerprint density at radius 1 is 0.816 bits per heavy atom. The highest BCUT2D eigenvalue weighted by molar-refractivity contribution is 7.18. The number of imide groups is 1. The highest BCUT2D eigenvalue weighted by atomic mass is 32.1. The van der Waals surface area contributed by atoms with Gasteiger partial charge in [-0.25, -0.2) is 9.78 Å². The number of hydrogen-bond donors (Lipinski definition) is 0. The summed E-state index contributed by atoms with van der Waals surface area (Å²) in [6.45, 7) is 0. The minimum atomic E-state index is -1.69. The number of thiazole rings is 1. The number of anilines is 1. The summed E-state index contributed by atoms with van der Waals surface area (Å²) in [4.78, 5) is 65.5. The Hall–Kier alpha value is -5.61. The van der Waals surface area contributed by atoms with Crippen LogP contribution < -0.4 is 9.64 Å². The van der Waals surface area contributed by atoms with E-state index in [1.54, 1.807) is 36.3 Å². The van der Waals surface area contributed by atoms with Crippen molar-refractivity contribution in [2.75, 3.05) is 26.2 Å². The molecule has 0 aliphatic carbocycles. The van der Waals surface area contributed by atoms with Crippen LogP contribution in [0.25, 0.3) is 11.3 Å². The third-order valence-electron chi connectivity index (χ3n) is 9.56. The van der Waals surface area contributed by atoms with Gasteiger partial charge in [0.05, 0.1) is 37.8 Å². The largest absolute Gasteiger partial charge is 0.497 e. The minimum absolute atomic E-state index is 0.0554. The van der Waals surface area contributed by atoms with Gasteiger partial charge in [-0.2, -0.15) is 0 Å². The third kappa shape index (κ3) is 5.19. The molecule has 7 rings (SSSR count). The van der Waals surface area contributed by atoms with Crippen LogP contribution in [0.3, 0.4) is 0 Å². The second-order valence-electron chi connectivity index (χ2n) is 12.1. The van der Waals surface area contributed by atoms with Crippen LogP contribution in [-0.2, 0) is 25.5 Å². The van der Waals surface area contributed by atoms with E-state index in [-0.39, 0.29) is 18.1 Å². The Balaban J connectivity index is 1.52. The summed E-state index contributed by atoms with van der Waals surface area (Å²) in [6.07, 6.45) is 0.0554. The Morgan fingerprint density at radius 2 is 1.43 bits per heavy atom. The van der Waals surface area contributed by atoms with Crippen LogP contribution in [0.5, 0.6) is 5.75 Å². The van der Waals surface area contributed by atoms with E-state index in [0.29, 0.717) is 32.6 Å². The standard InChI is InChI=1S/C39H33N3O6S/c1-41-35(44)29-30(36(41)45)39(37(46)48-3,23-24-13-7-4-8-14-24)42(32(29)26-17-11-6-12-18-26)38-40-31(25-15-9-5-10-16-25)34(49-38)33(43)27-19-21-28(47-2)22-20-27/h4-22,29-30,32H,23H2,1-3H3/t29-,30-,32-,39-/m0/s1. The molecule has 3 heterocycles. The van der Waals surface area contributed by atoms with E-state index in [1.165, 1.54) is 14.2 Å². The first kappa shape index (κ1) is 32.0. The number of methoxy groups -OCH3 is 2. The molecule has 5 aromatic rings. The molecule has 0 saturated carbocycles. The quantitative estimate of drug-likeness (QED) is 0.107. The van der Waals surface area contributed by atoms with E-state index in [4.69, 9.17) is 14.5 Å². The van der Waals surface area contributed by atoms with Gasteiger partial charge in [-0.05, 0) is 35.4 Å². The normalized spacial score (nSPS) is 21.5. The lowest BCUT2D eigenvalue weighted by molar-refractivity contribution is -0.152. The van der Waals surface area contributed by atoms with Gasteiger partial charge in [0.25, 0.3) is 0 Å². The number of rotatable bonds is 9. The van der Waals surface area contributed by atoms with Crippen LogP contribution in [0.2, 0.25) is 0 Å². The minimum Gasteiger partial charge on any atom is -0.497 e. The van der Waals surface area contributed by atoms with E-state index < -0.39 is 35.3 Å². The van der Waals surface area contributed by atoms with Crippen molar-refractivity contribution in [3.63, 3.8) is 0 Å². The molecule has 49 heavy (non-hydrogen) atoms. The Kier molecular flexibility index (Phi) is 8.33. The fourth-order valence-corrected chi connectivity index (χ4v) is 8.48. The number of benzene rings is 4. The number of ketones is 1. The van der Waals surface area contributed by atoms with Gasteiger partial charge in [-0.3, -0.25) is 19.3 Å². The number of aromatic nitrogens is 1. The maximum Gasteiger partial charge on any atom is 0.333 e. The van der Waals surface area contributed by atoms with Crippen LogP contribution in [0.4, 0.5) is 5.13 Å². The van der Waals surface area contributed by atoms with E-state index in [2.05, 4.69) is 0 Å². The molecule has 2 fully saturated rings. The van der Waals surface area contributed by atoms with Gasteiger partial charge in [0.1, 0.15) is 10.6 Å². The van der Waals surface area contributed by atoms with Crippen molar-refractivity contribution in [2.24, 2.45) is 11.8 Å². The fraction of sp³-hybridized carbons (Fsp3) is 0.205. The number of carbonyl (C=O) groups excluding carboxylic acids is 4. The summed E-state index contributed by atoms with van der Waals surface area (Å²) in [6, 6.07) is 34.1. The first-order chi connectivity index (χ1) is 23.8. The van der Waals surface area contributed by atoms with Crippen molar-refractivity contribution >= 4 is 40.0 Å². The number of hydrogen-bond acceptors (Lipinski definition) is 9. The predicted molar refractivity (Wildman–Crippen MR) is 185 cm³/mol. The summed E-state index contributed by atoms with van der Waals surface area (Å²) in [7, 11) is 4.31. The van der Waals surface area contributed by atoms with Gasteiger partial charge >= 0.3 is 5.97 Å². The Bertz CT molecular complexity index is 2030. The Morgan fingerprint density at radius 3 is 2.04 bits per heavy atom. The summed E-state index contributed by atoms with van der Waals surface area (Å²) in [5, 5.41) is 0.323. The monoisotopic (exact) mass is 671 g/mol. The second-order valence-corrected chi connectivity index (χ2v) is 13.1. The van der Waals surface area contributed by atoms with Gasteiger partial charge in [-0.1, -0.05) is 102 Å². The van der Waals surface area contributed by atoms with E-state index in [0.717, 1.165) is 27.4 Å². The maximum atomic E-state index is 14.5. The molecule has 0 spiro atoms. The molecule has 2 aliphatic rings. The molecule has 246 valence electrons. The lowest BCUT2D eigenvalue weighted by Gasteiger charge is -2.41. The van der Waals surface area contributed by atoms with Crippen molar-refractivity contribution < 1.29 is 28.7 Å². The summed E-state index contributed by atoms with van der Waals surface area (Å²) < 4.78 is 10.9. The van der Waals surface area contributed by atoms with Crippen molar-refractivity contribution in [3.05, 3.63) is 137 Å². The van der Waals surface area contributed by atoms with Gasteiger partial charge < -0.3 is 14.4 Å². The highest BCUT2D eigenvalue weighted by Gasteiger charge is 2.72. The highest BCUT2D eigenvalue weighted by Crippen LogP contribution is 2.59. The molecule has 2 saturated heterocycles. The van der Waals surface area contributed by atoms with Crippen LogP contribution in [0.1, 0.15) is 32.4 Å². The fourth-order valence-electron chi connectivity index (χ4n) is 7.32. The second kappa shape index (κ2) is 12.8. The molecule has 0 radical (unpaired) electrons. The molecule has 1 aromatic heterocycles. The maximum absolute atomic E-state index is 14.5. The number of esters is 1. The van der Waals surface area contributed by atoms with E-state index in [9.17, 15) is 19.2 Å². The smallest absolute Gasteiger partial charge is 0.333 e. The SMILES string of the molecule is COC(=O)[C@]1(Cc2ccccc2)[C@@H]2C(=O)N(C)C(=O)[C@@H]2[C@H](c2ccccc2)N1c1nc(-c2ccccc2)c(C(=O)c2ccc(OC)cc2)s1. The van der Waals surface area contributed by atoms with Crippen LogP contribution in [-0.4, -0.2) is 60.3 Å². The lowest BCUT2D eigenvalue weighted by atomic mass is 9.75. The number of fused-ring (bicyclic) bond motifs is 1. The van der Waals surface area contributed by atoms with Crippen molar-refractivity contribution in [3.8, 4) is 17.0 Å². The molecule has 2 amide bonds. The zero-order chi connectivity index (χ0) is 34.3. The van der Waals surface area contributed by atoms with Crippen molar-refractivity contribution in [1.82, 2.24) is 9.88 Å². The topological polar surface area (TPSA) is 106 Å². The van der Waals surface area contributed by atoms with E-state index >= 15 is 0 Å². The zero-order valence-corrected chi connectivity index (χ0v) is 27.9. The number of carbonyl (C=O) groups is 4. The Labute approximate surface area is 287 Å². The molecule has 2 aliphatic heterocycles. The molecule has 4 aromatic carbocycles. The number of amides is 2.